The first-order chi connectivity index (χ1) is 8.13. The van der Waals surface area contributed by atoms with E-state index >= 15 is 0 Å². The first-order valence-electron chi connectivity index (χ1n) is 4.74. The molecule has 0 spiro atoms. The van der Waals surface area contributed by atoms with Crippen LogP contribution in [0.25, 0.3) is 11.1 Å². The molecule has 0 aliphatic rings. The number of rotatable bonds is 1. The lowest BCUT2D eigenvalue weighted by Gasteiger charge is -2.09. The van der Waals surface area contributed by atoms with Gasteiger partial charge < -0.3 is 5.73 Å². The fourth-order valence-corrected chi connectivity index (χ4v) is 2.10. The summed E-state index contributed by atoms with van der Waals surface area (Å²) in [6, 6.07) is 10.4. The lowest BCUT2D eigenvalue weighted by Crippen LogP contribution is -1.97. The quantitative estimate of drug-likeness (QED) is 0.857. The molecule has 0 bridgehead atoms. The van der Waals surface area contributed by atoms with Crippen LogP contribution in [-0.2, 0) is 0 Å². The maximum absolute atomic E-state index is 8.71. The molecule has 3 nitrogen and oxygen atoms in total. The predicted molar refractivity (Wildman–Crippen MR) is 68.8 cm³/mol. The van der Waals surface area contributed by atoms with Crippen LogP contribution in [0.2, 0.25) is 10.0 Å². The van der Waals surface area contributed by atoms with E-state index in [1.807, 2.05) is 6.07 Å². The summed E-state index contributed by atoms with van der Waals surface area (Å²) in [5.41, 5.74) is 7.30. The van der Waals surface area contributed by atoms with Crippen LogP contribution in [0.1, 0.15) is 5.69 Å². The van der Waals surface area contributed by atoms with Gasteiger partial charge in [0.2, 0.25) is 0 Å². The third-order valence-electron chi connectivity index (χ3n) is 2.27. The molecule has 2 aromatic rings. The Bertz CT molecular complexity index is 597. The van der Waals surface area contributed by atoms with Gasteiger partial charge in [-0.15, -0.1) is 0 Å². The molecule has 0 atom stereocenters. The van der Waals surface area contributed by atoms with Gasteiger partial charge in [0.15, 0.2) is 0 Å². The van der Waals surface area contributed by atoms with Crippen LogP contribution in [0.15, 0.2) is 30.3 Å². The number of hydrogen-bond donors (Lipinski definition) is 1. The molecule has 2 rings (SSSR count). The van der Waals surface area contributed by atoms with Crippen LogP contribution in [0.3, 0.4) is 0 Å². The summed E-state index contributed by atoms with van der Waals surface area (Å²) in [6.07, 6.45) is 0. The molecule has 84 valence electrons. The van der Waals surface area contributed by atoms with E-state index in [0.717, 1.165) is 0 Å². The monoisotopic (exact) mass is 263 g/mol. The van der Waals surface area contributed by atoms with E-state index in [0.29, 0.717) is 21.2 Å². The van der Waals surface area contributed by atoms with Crippen molar-refractivity contribution in [1.82, 2.24) is 4.98 Å². The van der Waals surface area contributed by atoms with Gasteiger partial charge in [-0.05, 0) is 24.3 Å². The molecule has 0 unspecified atom stereocenters. The number of nitrogen functional groups attached to an aromatic ring is 1. The first-order valence-corrected chi connectivity index (χ1v) is 5.50. The molecule has 0 saturated heterocycles. The van der Waals surface area contributed by atoms with Crippen molar-refractivity contribution in [3.63, 3.8) is 0 Å². The molecule has 1 aromatic heterocycles. The highest BCUT2D eigenvalue weighted by Crippen LogP contribution is 2.36. The van der Waals surface area contributed by atoms with Crippen LogP contribution in [-0.4, -0.2) is 4.98 Å². The van der Waals surface area contributed by atoms with Crippen molar-refractivity contribution in [2.75, 3.05) is 5.73 Å². The SMILES string of the molecule is N#Cc1ccc(-c2c(Cl)cccc2Cl)c(N)n1. The minimum absolute atomic E-state index is 0.235. The van der Waals surface area contributed by atoms with Crippen LogP contribution >= 0.6 is 23.2 Å². The van der Waals surface area contributed by atoms with E-state index in [4.69, 9.17) is 34.2 Å². The van der Waals surface area contributed by atoms with Crippen molar-refractivity contribution in [3.8, 4) is 17.2 Å². The van der Waals surface area contributed by atoms with Crippen LogP contribution in [0.4, 0.5) is 5.82 Å². The van der Waals surface area contributed by atoms with Crippen LogP contribution in [0.5, 0.6) is 0 Å². The average molecular weight is 264 g/mol. The molecule has 1 aromatic carbocycles. The molecule has 0 radical (unpaired) electrons. The zero-order valence-corrected chi connectivity index (χ0v) is 10.1. The minimum atomic E-state index is 0.235. The van der Waals surface area contributed by atoms with Crippen molar-refractivity contribution in [2.24, 2.45) is 0 Å². The maximum Gasteiger partial charge on any atom is 0.142 e. The van der Waals surface area contributed by atoms with Gasteiger partial charge in [-0.3, -0.25) is 0 Å². The van der Waals surface area contributed by atoms with E-state index in [-0.39, 0.29) is 11.5 Å². The van der Waals surface area contributed by atoms with Gasteiger partial charge in [0, 0.05) is 11.1 Å². The summed E-state index contributed by atoms with van der Waals surface area (Å²) < 4.78 is 0. The summed E-state index contributed by atoms with van der Waals surface area (Å²) >= 11 is 12.2. The van der Waals surface area contributed by atoms with Crippen molar-refractivity contribution >= 4 is 29.0 Å². The lowest BCUT2D eigenvalue weighted by molar-refractivity contribution is 1.27. The summed E-state index contributed by atoms with van der Waals surface area (Å²) in [5.74, 6) is 0.235. The van der Waals surface area contributed by atoms with E-state index in [1.165, 1.54) is 0 Å². The van der Waals surface area contributed by atoms with E-state index in [1.54, 1.807) is 30.3 Å². The number of nitrogens with two attached hydrogens (primary N) is 1. The van der Waals surface area contributed by atoms with Gasteiger partial charge in [0.05, 0.1) is 10.0 Å². The molecule has 0 aliphatic carbocycles. The van der Waals surface area contributed by atoms with Crippen LogP contribution in [0, 0.1) is 11.3 Å². The lowest BCUT2D eigenvalue weighted by atomic mass is 10.1. The highest BCUT2D eigenvalue weighted by atomic mass is 35.5. The van der Waals surface area contributed by atoms with Crippen molar-refractivity contribution in [1.29, 1.82) is 5.26 Å². The second kappa shape index (κ2) is 4.62. The third kappa shape index (κ3) is 2.19. The summed E-state index contributed by atoms with van der Waals surface area (Å²) in [4.78, 5) is 3.95. The summed E-state index contributed by atoms with van der Waals surface area (Å²) in [7, 11) is 0. The Kier molecular flexibility index (Phi) is 3.19. The van der Waals surface area contributed by atoms with Crippen LogP contribution < -0.4 is 5.73 Å². The number of halogens is 2. The standard InChI is InChI=1S/C12H7Cl2N3/c13-9-2-1-3-10(14)11(9)8-5-4-7(6-15)17-12(8)16/h1-5H,(H2,16,17). The number of aromatic nitrogens is 1. The first kappa shape index (κ1) is 11.7. The molecule has 0 fully saturated rings. The fraction of sp³-hybridized carbons (Fsp3) is 0. The predicted octanol–water partition coefficient (Wildman–Crippen LogP) is 3.51. The third-order valence-corrected chi connectivity index (χ3v) is 2.90. The Balaban J connectivity index is 2.66. The Morgan fingerprint density at radius 1 is 1.12 bits per heavy atom. The van der Waals surface area contributed by atoms with Crippen molar-refractivity contribution < 1.29 is 0 Å². The summed E-state index contributed by atoms with van der Waals surface area (Å²) in [5, 5.41) is 9.70. The maximum atomic E-state index is 8.71. The molecule has 5 heteroatoms. The van der Waals surface area contributed by atoms with Gasteiger partial charge >= 0.3 is 0 Å². The molecule has 0 amide bonds. The summed E-state index contributed by atoms with van der Waals surface area (Å²) in [6.45, 7) is 0. The molecule has 2 N–H and O–H groups in total. The normalized spacial score (nSPS) is 9.94. The van der Waals surface area contributed by atoms with Gasteiger partial charge in [-0.25, -0.2) is 4.98 Å². The fourth-order valence-electron chi connectivity index (χ4n) is 1.50. The minimum Gasteiger partial charge on any atom is -0.383 e. The Labute approximate surface area is 108 Å². The molecule has 0 aliphatic heterocycles. The number of hydrogen-bond acceptors (Lipinski definition) is 3. The van der Waals surface area contributed by atoms with Gasteiger partial charge in [-0.1, -0.05) is 29.3 Å². The van der Waals surface area contributed by atoms with E-state index in [9.17, 15) is 0 Å². The van der Waals surface area contributed by atoms with Gasteiger partial charge in [0.25, 0.3) is 0 Å². The number of benzene rings is 1. The van der Waals surface area contributed by atoms with Crippen molar-refractivity contribution in [3.05, 3.63) is 46.1 Å². The topological polar surface area (TPSA) is 62.7 Å². The zero-order valence-electron chi connectivity index (χ0n) is 8.61. The zero-order chi connectivity index (χ0) is 12.4. The van der Waals surface area contributed by atoms with E-state index in [2.05, 4.69) is 4.98 Å². The molecule has 17 heavy (non-hydrogen) atoms. The Hall–Kier alpha value is -1.76. The van der Waals surface area contributed by atoms with Crippen molar-refractivity contribution in [2.45, 2.75) is 0 Å². The highest BCUT2D eigenvalue weighted by molar-refractivity contribution is 6.39. The highest BCUT2D eigenvalue weighted by Gasteiger charge is 2.12. The molecular formula is C12H7Cl2N3. The number of pyridine rings is 1. The average Bonchev–Trinajstić information content (AvgIpc) is 2.30. The Morgan fingerprint density at radius 2 is 1.76 bits per heavy atom. The molecule has 0 saturated carbocycles. The number of anilines is 1. The number of nitrogens with zero attached hydrogens (tertiary/aromatic N) is 2. The second-order valence-corrected chi connectivity index (χ2v) is 4.15. The van der Waals surface area contributed by atoms with E-state index < -0.39 is 0 Å². The largest absolute Gasteiger partial charge is 0.383 e. The number of nitriles is 1. The van der Waals surface area contributed by atoms with Gasteiger partial charge in [0.1, 0.15) is 17.6 Å². The Morgan fingerprint density at radius 3 is 2.29 bits per heavy atom. The second-order valence-electron chi connectivity index (χ2n) is 3.34. The van der Waals surface area contributed by atoms with Gasteiger partial charge in [-0.2, -0.15) is 5.26 Å². The molecule has 1 heterocycles. The molecular weight excluding hydrogens is 257 g/mol. The smallest absolute Gasteiger partial charge is 0.142 e.